The van der Waals surface area contributed by atoms with Crippen LogP contribution in [-0.4, -0.2) is 16.0 Å². The molecule has 19 heavy (non-hydrogen) atoms. The number of benzene rings is 1. The van der Waals surface area contributed by atoms with Gasteiger partial charge in [-0.25, -0.2) is 9.97 Å². The largest absolute Gasteiger partial charge is 0.351 e. The SMILES string of the molecule is c1ccc2sc(-c3ccnc(NC4CC4)n3)cc2c1. The van der Waals surface area contributed by atoms with Gasteiger partial charge in [-0.15, -0.1) is 11.3 Å². The van der Waals surface area contributed by atoms with E-state index in [0.29, 0.717) is 6.04 Å². The first-order chi connectivity index (χ1) is 9.38. The van der Waals surface area contributed by atoms with Gasteiger partial charge in [0.05, 0.1) is 10.6 Å². The molecule has 1 aliphatic rings. The highest BCUT2D eigenvalue weighted by molar-refractivity contribution is 7.22. The van der Waals surface area contributed by atoms with E-state index in [1.165, 1.54) is 27.8 Å². The number of nitrogens with zero attached hydrogens (tertiary/aromatic N) is 2. The average molecular weight is 267 g/mol. The number of hydrogen-bond acceptors (Lipinski definition) is 4. The van der Waals surface area contributed by atoms with E-state index in [9.17, 15) is 0 Å². The number of thiophene rings is 1. The van der Waals surface area contributed by atoms with Gasteiger partial charge in [0.25, 0.3) is 0 Å². The molecule has 0 radical (unpaired) electrons. The van der Waals surface area contributed by atoms with Crippen molar-refractivity contribution in [1.82, 2.24) is 9.97 Å². The Morgan fingerprint density at radius 1 is 1.16 bits per heavy atom. The molecule has 3 aromatic rings. The van der Waals surface area contributed by atoms with Crippen LogP contribution in [0.15, 0.2) is 42.6 Å². The van der Waals surface area contributed by atoms with Crippen molar-refractivity contribution in [2.75, 3.05) is 5.32 Å². The summed E-state index contributed by atoms with van der Waals surface area (Å²) in [7, 11) is 0. The summed E-state index contributed by atoms with van der Waals surface area (Å²) in [4.78, 5) is 10.1. The highest BCUT2D eigenvalue weighted by Crippen LogP contribution is 2.32. The molecule has 3 nitrogen and oxygen atoms in total. The Bertz CT molecular complexity index is 698. The fraction of sp³-hybridized carbons (Fsp3) is 0.200. The monoisotopic (exact) mass is 267 g/mol. The molecule has 1 saturated carbocycles. The van der Waals surface area contributed by atoms with Crippen LogP contribution in [0.1, 0.15) is 12.8 Å². The third-order valence-corrected chi connectivity index (χ3v) is 4.38. The summed E-state index contributed by atoms with van der Waals surface area (Å²) >= 11 is 1.78. The van der Waals surface area contributed by atoms with Crippen LogP contribution in [0.5, 0.6) is 0 Å². The highest BCUT2D eigenvalue weighted by Gasteiger charge is 2.22. The Labute approximate surface area is 115 Å². The summed E-state index contributed by atoms with van der Waals surface area (Å²) in [6.07, 6.45) is 4.30. The van der Waals surface area contributed by atoms with Gasteiger partial charge < -0.3 is 5.32 Å². The highest BCUT2D eigenvalue weighted by atomic mass is 32.1. The fourth-order valence-electron chi connectivity index (χ4n) is 2.08. The summed E-state index contributed by atoms with van der Waals surface area (Å²) in [5.74, 6) is 0.748. The predicted molar refractivity (Wildman–Crippen MR) is 79.5 cm³/mol. The van der Waals surface area contributed by atoms with E-state index in [1.54, 1.807) is 11.3 Å². The van der Waals surface area contributed by atoms with Crippen LogP contribution >= 0.6 is 11.3 Å². The second-order valence-electron chi connectivity index (χ2n) is 4.83. The Morgan fingerprint density at radius 2 is 2.05 bits per heavy atom. The molecule has 2 aromatic heterocycles. The zero-order valence-electron chi connectivity index (χ0n) is 10.3. The zero-order chi connectivity index (χ0) is 12.7. The van der Waals surface area contributed by atoms with Crippen molar-refractivity contribution in [1.29, 1.82) is 0 Å². The Hall–Kier alpha value is -1.94. The van der Waals surface area contributed by atoms with E-state index in [4.69, 9.17) is 0 Å². The number of nitrogens with one attached hydrogen (secondary N) is 1. The minimum Gasteiger partial charge on any atom is -0.351 e. The van der Waals surface area contributed by atoms with E-state index in [-0.39, 0.29) is 0 Å². The Morgan fingerprint density at radius 3 is 2.89 bits per heavy atom. The topological polar surface area (TPSA) is 37.8 Å². The lowest BCUT2D eigenvalue weighted by molar-refractivity contribution is 1.06. The van der Waals surface area contributed by atoms with Crippen LogP contribution in [-0.2, 0) is 0 Å². The summed E-state index contributed by atoms with van der Waals surface area (Å²) in [5.41, 5.74) is 0.999. The van der Waals surface area contributed by atoms with Crippen molar-refractivity contribution in [3.63, 3.8) is 0 Å². The van der Waals surface area contributed by atoms with E-state index in [0.717, 1.165) is 11.6 Å². The summed E-state index contributed by atoms with van der Waals surface area (Å²) in [5, 5.41) is 4.62. The second-order valence-corrected chi connectivity index (χ2v) is 5.92. The molecule has 0 saturated heterocycles. The number of fused-ring (bicyclic) bond motifs is 1. The first-order valence-electron chi connectivity index (χ1n) is 6.47. The first kappa shape index (κ1) is 10.9. The maximum absolute atomic E-state index is 4.61. The lowest BCUT2D eigenvalue weighted by atomic mass is 10.2. The van der Waals surface area contributed by atoms with Gasteiger partial charge in [-0.2, -0.15) is 0 Å². The quantitative estimate of drug-likeness (QED) is 0.781. The maximum atomic E-state index is 4.61. The van der Waals surface area contributed by atoms with Crippen LogP contribution in [0.4, 0.5) is 5.95 Å². The van der Waals surface area contributed by atoms with Crippen molar-refractivity contribution in [2.24, 2.45) is 0 Å². The summed E-state index contributed by atoms with van der Waals surface area (Å²) in [6.45, 7) is 0. The van der Waals surface area contributed by atoms with Gasteiger partial charge in [0.1, 0.15) is 0 Å². The lowest BCUT2D eigenvalue weighted by Gasteiger charge is -2.03. The lowest BCUT2D eigenvalue weighted by Crippen LogP contribution is -2.05. The molecule has 4 heteroatoms. The Kier molecular flexibility index (Phi) is 2.48. The van der Waals surface area contributed by atoms with Crippen LogP contribution in [0.25, 0.3) is 20.7 Å². The Balaban J connectivity index is 1.73. The minimum absolute atomic E-state index is 0.581. The standard InChI is InChI=1S/C15H13N3S/c1-2-4-13-10(3-1)9-14(19-13)12-7-8-16-15(18-12)17-11-5-6-11/h1-4,7-9,11H,5-6H2,(H,16,17,18). The summed E-state index contributed by atoms with van der Waals surface area (Å²) in [6, 6.07) is 13.2. The van der Waals surface area contributed by atoms with Gasteiger partial charge in [-0.1, -0.05) is 18.2 Å². The molecule has 1 N–H and O–H groups in total. The maximum Gasteiger partial charge on any atom is 0.223 e. The van der Waals surface area contributed by atoms with Crippen molar-refractivity contribution in [3.05, 3.63) is 42.6 Å². The smallest absolute Gasteiger partial charge is 0.223 e. The number of aromatic nitrogens is 2. The second kappa shape index (κ2) is 4.31. The third kappa shape index (κ3) is 2.19. The molecule has 0 amide bonds. The molecule has 1 aromatic carbocycles. The average Bonchev–Trinajstić information content (AvgIpc) is 3.14. The van der Waals surface area contributed by atoms with Crippen molar-refractivity contribution < 1.29 is 0 Å². The van der Waals surface area contributed by atoms with E-state index >= 15 is 0 Å². The van der Waals surface area contributed by atoms with E-state index in [2.05, 4.69) is 45.6 Å². The van der Waals surface area contributed by atoms with Crippen LogP contribution in [0.3, 0.4) is 0 Å². The molecule has 0 unspecified atom stereocenters. The van der Waals surface area contributed by atoms with Crippen LogP contribution in [0, 0.1) is 0 Å². The van der Waals surface area contributed by atoms with E-state index in [1.807, 2.05) is 12.3 Å². The van der Waals surface area contributed by atoms with Gasteiger partial charge in [0, 0.05) is 16.9 Å². The zero-order valence-corrected chi connectivity index (χ0v) is 11.2. The van der Waals surface area contributed by atoms with Gasteiger partial charge in [-0.3, -0.25) is 0 Å². The third-order valence-electron chi connectivity index (χ3n) is 3.24. The fourth-order valence-corrected chi connectivity index (χ4v) is 3.12. The molecule has 2 heterocycles. The van der Waals surface area contributed by atoms with E-state index < -0.39 is 0 Å². The molecule has 0 spiro atoms. The molecular weight excluding hydrogens is 254 g/mol. The van der Waals surface area contributed by atoms with Crippen LogP contribution in [0.2, 0.25) is 0 Å². The minimum atomic E-state index is 0.581. The van der Waals surface area contributed by atoms with Gasteiger partial charge in [-0.05, 0) is 36.4 Å². The molecule has 4 rings (SSSR count). The van der Waals surface area contributed by atoms with Gasteiger partial charge >= 0.3 is 0 Å². The van der Waals surface area contributed by atoms with Crippen molar-refractivity contribution >= 4 is 27.4 Å². The molecule has 0 aliphatic heterocycles. The number of rotatable bonds is 3. The summed E-state index contributed by atoms with van der Waals surface area (Å²) < 4.78 is 1.30. The first-order valence-corrected chi connectivity index (χ1v) is 7.29. The van der Waals surface area contributed by atoms with Gasteiger partial charge in [0.15, 0.2) is 0 Å². The molecule has 94 valence electrons. The molecular formula is C15H13N3S. The number of anilines is 1. The van der Waals surface area contributed by atoms with Crippen molar-refractivity contribution in [2.45, 2.75) is 18.9 Å². The molecule has 1 fully saturated rings. The van der Waals surface area contributed by atoms with Crippen LogP contribution < -0.4 is 5.32 Å². The number of hydrogen-bond donors (Lipinski definition) is 1. The normalized spacial score (nSPS) is 14.7. The molecule has 0 atom stereocenters. The molecule has 0 bridgehead atoms. The predicted octanol–water partition coefficient (Wildman–Crippen LogP) is 3.93. The van der Waals surface area contributed by atoms with Crippen molar-refractivity contribution in [3.8, 4) is 10.6 Å². The molecule has 1 aliphatic carbocycles. The van der Waals surface area contributed by atoms with Gasteiger partial charge in [0.2, 0.25) is 5.95 Å².